The molecule has 1 amide bonds. The minimum absolute atomic E-state index is 0. The van der Waals surface area contributed by atoms with E-state index < -0.39 is 6.10 Å². The number of rotatable bonds is 4. The molecule has 1 saturated heterocycles. The van der Waals surface area contributed by atoms with E-state index in [1.807, 2.05) is 0 Å². The smallest absolute Gasteiger partial charge is 0.276 e. The molecule has 152 valence electrons. The minimum Gasteiger partial charge on any atom is -0.391 e. The number of carbonyl (C=O) groups is 1. The second-order valence-corrected chi connectivity index (χ2v) is 7.59. The molecule has 2 aromatic rings. The van der Waals surface area contributed by atoms with Crippen LogP contribution in [0, 0.1) is 5.92 Å². The summed E-state index contributed by atoms with van der Waals surface area (Å²) >= 11 is 0. The summed E-state index contributed by atoms with van der Waals surface area (Å²) in [6.07, 6.45) is 10.5. The Morgan fingerprint density at radius 2 is 2.00 bits per heavy atom. The molecule has 2 atom stereocenters. The summed E-state index contributed by atoms with van der Waals surface area (Å²) in [5, 5.41) is 18.6. The number of carbonyl (C=O) groups excluding carboxylic acids is 1. The van der Waals surface area contributed by atoms with E-state index in [1.54, 1.807) is 34.4 Å². The van der Waals surface area contributed by atoms with E-state index in [4.69, 9.17) is 5.73 Å². The lowest BCUT2D eigenvalue weighted by molar-refractivity contribution is 0.0758. The fourth-order valence-electron chi connectivity index (χ4n) is 4.01. The summed E-state index contributed by atoms with van der Waals surface area (Å²) < 4.78 is 1.79. The average molecular weight is 408 g/mol. The highest BCUT2D eigenvalue weighted by Crippen LogP contribution is 2.27. The lowest BCUT2D eigenvalue weighted by atomic mass is 9.92. The molecular formula is C18H26ClN7O2. The average Bonchev–Trinajstić information content (AvgIpc) is 3.30. The number of aliphatic hydroxyl groups is 1. The maximum atomic E-state index is 12.8. The number of likely N-dealkylation sites (tertiary alicyclic amines) is 1. The van der Waals surface area contributed by atoms with Crippen molar-refractivity contribution >= 4 is 18.3 Å². The number of hydrogen-bond donors (Lipinski definition) is 2. The molecule has 9 nitrogen and oxygen atoms in total. The molecular weight excluding hydrogens is 382 g/mol. The largest absolute Gasteiger partial charge is 0.391 e. The maximum absolute atomic E-state index is 12.8. The van der Waals surface area contributed by atoms with Gasteiger partial charge in [0, 0.05) is 43.6 Å². The van der Waals surface area contributed by atoms with Crippen LogP contribution in [0.5, 0.6) is 0 Å². The molecule has 10 heteroatoms. The Balaban J connectivity index is 0.00000225. The van der Waals surface area contributed by atoms with E-state index in [9.17, 15) is 9.90 Å². The Hall–Kier alpha value is -2.10. The van der Waals surface area contributed by atoms with E-state index in [1.165, 1.54) is 0 Å². The van der Waals surface area contributed by atoms with Gasteiger partial charge >= 0.3 is 0 Å². The topological polar surface area (TPSA) is 123 Å². The lowest BCUT2D eigenvalue weighted by Crippen LogP contribution is -2.30. The van der Waals surface area contributed by atoms with Gasteiger partial charge < -0.3 is 15.7 Å². The van der Waals surface area contributed by atoms with Gasteiger partial charge in [-0.3, -0.25) is 14.8 Å². The van der Waals surface area contributed by atoms with Crippen LogP contribution in [-0.4, -0.2) is 66.1 Å². The zero-order valence-corrected chi connectivity index (χ0v) is 16.4. The standard InChI is InChI=1S/C18H25N7O2.ClH/c19-13-1-3-15(4-2-13)25-10-16(22-23-25)18(27)24-9-12(17(26)11-24)7-14-8-20-5-6-21-14;/h5-6,8,10,12-13,15,17,26H,1-4,7,9,11,19H2;1H/t12-,13?,15?,17-;/m1./s1. The SMILES string of the molecule is Cl.NC1CCC(n2cc(C(=O)N3C[C@@H](Cc4cnccn4)[C@H](O)C3)nn2)CC1. The summed E-state index contributed by atoms with van der Waals surface area (Å²) in [5.41, 5.74) is 7.10. The van der Waals surface area contributed by atoms with Gasteiger partial charge in [-0.2, -0.15) is 0 Å². The Bertz CT molecular complexity index is 779. The third-order valence-electron chi connectivity index (χ3n) is 5.63. The van der Waals surface area contributed by atoms with Crippen LogP contribution in [0.4, 0.5) is 0 Å². The van der Waals surface area contributed by atoms with Crippen LogP contribution in [0.25, 0.3) is 0 Å². The highest BCUT2D eigenvalue weighted by Gasteiger charge is 2.35. The molecule has 1 aliphatic carbocycles. The molecule has 0 unspecified atom stereocenters. The van der Waals surface area contributed by atoms with E-state index >= 15 is 0 Å². The van der Waals surface area contributed by atoms with E-state index in [-0.39, 0.29) is 36.3 Å². The molecule has 1 saturated carbocycles. The van der Waals surface area contributed by atoms with Crippen molar-refractivity contribution in [2.45, 2.75) is 50.3 Å². The summed E-state index contributed by atoms with van der Waals surface area (Å²) in [6, 6.07) is 0.524. The number of aliphatic hydroxyl groups excluding tert-OH is 1. The predicted octanol–water partition coefficient (Wildman–Crippen LogP) is 0.608. The van der Waals surface area contributed by atoms with Crippen molar-refractivity contribution in [2.24, 2.45) is 11.7 Å². The summed E-state index contributed by atoms with van der Waals surface area (Å²) in [5.74, 6) is -0.241. The Morgan fingerprint density at radius 3 is 2.71 bits per heavy atom. The Morgan fingerprint density at radius 1 is 1.21 bits per heavy atom. The first-order valence-electron chi connectivity index (χ1n) is 9.50. The van der Waals surface area contributed by atoms with Crippen LogP contribution in [0.3, 0.4) is 0 Å². The normalized spacial score (nSPS) is 27.4. The summed E-state index contributed by atoms with van der Waals surface area (Å²) in [4.78, 5) is 22.7. The fourth-order valence-corrected chi connectivity index (χ4v) is 4.01. The van der Waals surface area contributed by atoms with E-state index in [2.05, 4.69) is 20.3 Å². The van der Waals surface area contributed by atoms with Gasteiger partial charge in [0.05, 0.1) is 24.0 Å². The van der Waals surface area contributed by atoms with Gasteiger partial charge in [-0.15, -0.1) is 17.5 Å². The van der Waals surface area contributed by atoms with Gasteiger partial charge in [0.1, 0.15) is 0 Å². The van der Waals surface area contributed by atoms with Crippen LogP contribution >= 0.6 is 12.4 Å². The highest BCUT2D eigenvalue weighted by atomic mass is 35.5. The monoisotopic (exact) mass is 407 g/mol. The van der Waals surface area contributed by atoms with Crippen molar-refractivity contribution in [1.82, 2.24) is 29.9 Å². The van der Waals surface area contributed by atoms with Gasteiger partial charge in [-0.05, 0) is 32.1 Å². The lowest BCUT2D eigenvalue weighted by Gasteiger charge is -2.25. The van der Waals surface area contributed by atoms with Crippen molar-refractivity contribution in [2.75, 3.05) is 13.1 Å². The van der Waals surface area contributed by atoms with Crippen molar-refractivity contribution in [3.05, 3.63) is 36.2 Å². The first-order chi connectivity index (χ1) is 13.1. The van der Waals surface area contributed by atoms with E-state index in [0.29, 0.717) is 25.2 Å². The van der Waals surface area contributed by atoms with Gasteiger partial charge in [0.15, 0.2) is 5.69 Å². The Labute approximate surface area is 169 Å². The molecule has 0 radical (unpaired) electrons. The number of hydrogen-bond acceptors (Lipinski definition) is 7. The molecule has 1 aliphatic heterocycles. The molecule has 2 fully saturated rings. The van der Waals surface area contributed by atoms with Crippen molar-refractivity contribution in [3.63, 3.8) is 0 Å². The summed E-state index contributed by atoms with van der Waals surface area (Å²) in [7, 11) is 0. The second kappa shape index (κ2) is 8.93. The number of β-amino-alcohol motifs (C(OH)–C–C–N with tert-alkyl or cyclic N) is 1. The molecule has 0 bridgehead atoms. The van der Waals surface area contributed by atoms with Gasteiger partial charge in [-0.1, -0.05) is 5.21 Å². The van der Waals surface area contributed by atoms with Gasteiger partial charge in [-0.25, -0.2) is 4.68 Å². The highest BCUT2D eigenvalue weighted by molar-refractivity contribution is 5.92. The van der Waals surface area contributed by atoms with Crippen LogP contribution in [0.15, 0.2) is 24.8 Å². The van der Waals surface area contributed by atoms with Gasteiger partial charge in [0.25, 0.3) is 5.91 Å². The van der Waals surface area contributed by atoms with Crippen molar-refractivity contribution < 1.29 is 9.90 Å². The molecule has 2 aromatic heterocycles. The van der Waals surface area contributed by atoms with Crippen LogP contribution in [0.1, 0.15) is 47.9 Å². The second-order valence-electron chi connectivity index (χ2n) is 7.59. The fraction of sp³-hybridized carbons (Fsp3) is 0.611. The first kappa shape index (κ1) is 20.6. The number of nitrogens with two attached hydrogens (primary N) is 1. The Kier molecular flexibility index (Phi) is 6.58. The molecule has 3 heterocycles. The zero-order valence-electron chi connectivity index (χ0n) is 15.6. The predicted molar refractivity (Wildman–Crippen MR) is 104 cm³/mol. The number of amides is 1. The third kappa shape index (κ3) is 4.48. The van der Waals surface area contributed by atoms with Gasteiger partial charge in [0.2, 0.25) is 0 Å². The zero-order chi connectivity index (χ0) is 18.8. The molecule has 2 aliphatic rings. The maximum Gasteiger partial charge on any atom is 0.276 e. The first-order valence-corrected chi connectivity index (χ1v) is 9.50. The minimum atomic E-state index is -0.578. The van der Waals surface area contributed by atoms with Crippen molar-refractivity contribution in [3.8, 4) is 0 Å². The van der Waals surface area contributed by atoms with E-state index in [0.717, 1.165) is 31.4 Å². The number of halogens is 1. The number of nitrogens with zero attached hydrogens (tertiary/aromatic N) is 6. The summed E-state index contributed by atoms with van der Waals surface area (Å²) in [6.45, 7) is 0.774. The molecule has 3 N–H and O–H groups in total. The van der Waals surface area contributed by atoms with Crippen molar-refractivity contribution in [1.29, 1.82) is 0 Å². The third-order valence-corrected chi connectivity index (χ3v) is 5.63. The molecule has 0 spiro atoms. The van der Waals surface area contributed by atoms with Crippen LogP contribution in [0.2, 0.25) is 0 Å². The number of aromatic nitrogens is 5. The quantitative estimate of drug-likeness (QED) is 0.760. The molecule has 4 rings (SSSR count). The van der Waals surface area contributed by atoms with Crippen LogP contribution < -0.4 is 5.73 Å². The molecule has 0 aromatic carbocycles. The van der Waals surface area contributed by atoms with Crippen LogP contribution in [-0.2, 0) is 6.42 Å². The molecule has 28 heavy (non-hydrogen) atoms.